The first kappa shape index (κ1) is 13.3. The molecule has 1 aromatic carbocycles. The fourth-order valence-corrected chi connectivity index (χ4v) is 1.71. The van der Waals surface area contributed by atoms with E-state index in [1.54, 1.807) is 7.11 Å². The van der Waals surface area contributed by atoms with Crippen LogP contribution in [0.3, 0.4) is 0 Å². The molecule has 0 aliphatic rings. The quantitative estimate of drug-likeness (QED) is 0.827. The third-order valence-corrected chi connectivity index (χ3v) is 2.83. The van der Waals surface area contributed by atoms with E-state index in [0.717, 1.165) is 29.4 Å². The normalized spacial score (nSPS) is 10.5. The van der Waals surface area contributed by atoms with Crippen LogP contribution in [0.2, 0.25) is 5.02 Å². The third-order valence-electron chi connectivity index (χ3n) is 2.48. The van der Waals surface area contributed by atoms with Gasteiger partial charge < -0.3 is 15.0 Å². The highest BCUT2D eigenvalue weighted by atomic mass is 35.5. The van der Waals surface area contributed by atoms with Crippen LogP contribution in [0.5, 0.6) is 0 Å². The standard InChI is InChI=1S/C12H19ClN2O/c1-14-9-10-4-5-11(8-12(10)13)15(2)6-7-16-3/h4-5,8,14H,6-7,9H2,1-3H3. The predicted molar refractivity (Wildman–Crippen MR) is 69.4 cm³/mol. The lowest BCUT2D eigenvalue weighted by Crippen LogP contribution is -2.22. The van der Waals surface area contributed by atoms with E-state index in [1.165, 1.54) is 0 Å². The summed E-state index contributed by atoms with van der Waals surface area (Å²) < 4.78 is 5.04. The van der Waals surface area contributed by atoms with Crippen LogP contribution in [0.1, 0.15) is 5.56 Å². The van der Waals surface area contributed by atoms with Gasteiger partial charge in [0.05, 0.1) is 6.61 Å². The van der Waals surface area contributed by atoms with Crippen molar-refractivity contribution in [2.45, 2.75) is 6.54 Å². The van der Waals surface area contributed by atoms with Crippen molar-refractivity contribution in [1.29, 1.82) is 0 Å². The van der Waals surface area contributed by atoms with Crippen molar-refractivity contribution in [1.82, 2.24) is 5.32 Å². The van der Waals surface area contributed by atoms with Gasteiger partial charge in [-0.25, -0.2) is 0 Å². The van der Waals surface area contributed by atoms with Crippen molar-refractivity contribution >= 4 is 17.3 Å². The summed E-state index contributed by atoms with van der Waals surface area (Å²) in [7, 11) is 5.65. The van der Waals surface area contributed by atoms with Gasteiger partial charge in [0.15, 0.2) is 0 Å². The Labute approximate surface area is 102 Å². The van der Waals surface area contributed by atoms with E-state index in [2.05, 4.69) is 22.3 Å². The Bertz CT molecular complexity index is 331. The first-order valence-electron chi connectivity index (χ1n) is 5.32. The van der Waals surface area contributed by atoms with Gasteiger partial charge in [-0.1, -0.05) is 17.7 Å². The van der Waals surface area contributed by atoms with E-state index < -0.39 is 0 Å². The van der Waals surface area contributed by atoms with Gasteiger partial charge in [-0.3, -0.25) is 0 Å². The Kier molecular flexibility index (Phi) is 5.60. The van der Waals surface area contributed by atoms with Crippen LogP contribution < -0.4 is 10.2 Å². The summed E-state index contributed by atoms with van der Waals surface area (Å²) in [5.41, 5.74) is 2.23. The van der Waals surface area contributed by atoms with Gasteiger partial charge in [0.2, 0.25) is 0 Å². The molecule has 0 unspecified atom stereocenters. The molecule has 0 heterocycles. The summed E-state index contributed by atoms with van der Waals surface area (Å²) in [5.74, 6) is 0. The van der Waals surface area contributed by atoms with Crippen molar-refractivity contribution in [3.05, 3.63) is 28.8 Å². The minimum atomic E-state index is 0.715. The zero-order valence-corrected chi connectivity index (χ0v) is 10.8. The molecule has 0 aliphatic carbocycles. The summed E-state index contributed by atoms with van der Waals surface area (Å²) in [5, 5.41) is 3.89. The highest BCUT2D eigenvalue weighted by Crippen LogP contribution is 2.22. The van der Waals surface area contributed by atoms with E-state index in [4.69, 9.17) is 16.3 Å². The number of methoxy groups -OCH3 is 1. The molecule has 0 saturated carbocycles. The molecule has 0 fully saturated rings. The van der Waals surface area contributed by atoms with Gasteiger partial charge in [0.25, 0.3) is 0 Å². The Morgan fingerprint density at radius 3 is 2.75 bits per heavy atom. The molecule has 4 heteroatoms. The fourth-order valence-electron chi connectivity index (χ4n) is 1.46. The number of nitrogens with one attached hydrogen (secondary N) is 1. The average Bonchev–Trinajstić information content (AvgIpc) is 2.29. The number of nitrogens with zero attached hydrogens (tertiary/aromatic N) is 1. The lowest BCUT2D eigenvalue weighted by atomic mass is 10.2. The minimum Gasteiger partial charge on any atom is -0.383 e. The van der Waals surface area contributed by atoms with Gasteiger partial charge in [-0.05, 0) is 24.7 Å². The second kappa shape index (κ2) is 6.74. The van der Waals surface area contributed by atoms with Gasteiger partial charge >= 0.3 is 0 Å². The summed E-state index contributed by atoms with van der Waals surface area (Å²) in [4.78, 5) is 2.12. The molecule has 0 bridgehead atoms. The molecule has 0 radical (unpaired) electrons. The van der Waals surface area contributed by atoms with Crippen LogP contribution in [0.15, 0.2) is 18.2 Å². The number of anilines is 1. The van der Waals surface area contributed by atoms with E-state index >= 15 is 0 Å². The highest BCUT2D eigenvalue weighted by Gasteiger charge is 2.04. The van der Waals surface area contributed by atoms with Crippen molar-refractivity contribution in [2.75, 3.05) is 39.3 Å². The number of ether oxygens (including phenoxy) is 1. The van der Waals surface area contributed by atoms with Crippen LogP contribution in [-0.2, 0) is 11.3 Å². The largest absolute Gasteiger partial charge is 0.383 e. The topological polar surface area (TPSA) is 24.5 Å². The molecule has 0 aromatic heterocycles. The zero-order chi connectivity index (χ0) is 12.0. The molecule has 16 heavy (non-hydrogen) atoms. The molecule has 1 aromatic rings. The third kappa shape index (κ3) is 3.67. The van der Waals surface area contributed by atoms with Crippen LogP contribution in [0.4, 0.5) is 5.69 Å². The fraction of sp³-hybridized carbons (Fsp3) is 0.500. The Hall–Kier alpha value is -0.770. The smallest absolute Gasteiger partial charge is 0.0637 e. The summed E-state index contributed by atoms with van der Waals surface area (Å²) in [6.45, 7) is 2.37. The summed E-state index contributed by atoms with van der Waals surface area (Å²) in [6.07, 6.45) is 0. The SMILES string of the molecule is CNCc1ccc(N(C)CCOC)cc1Cl. The van der Waals surface area contributed by atoms with Crippen molar-refractivity contribution in [3.8, 4) is 0 Å². The Morgan fingerprint density at radius 1 is 1.44 bits per heavy atom. The van der Waals surface area contributed by atoms with Crippen molar-refractivity contribution in [2.24, 2.45) is 0 Å². The molecule has 90 valence electrons. The molecule has 0 amide bonds. The number of hydrogen-bond acceptors (Lipinski definition) is 3. The van der Waals surface area contributed by atoms with E-state index in [-0.39, 0.29) is 0 Å². The number of likely N-dealkylation sites (N-methyl/N-ethyl adjacent to an activating group) is 1. The molecule has 0 saturated heterocycles. The predicted octanol–water partition coefficient (Wildman–Crippen LogP) is 2.14. The molecule has 0 spiro atoms. The maximum atomic E-state index is 6.19. The molecular weight excluding hydrogens is 224 g/mol. The maximum absolute atomic E-state index is 6.19. The monoisotopic (exact) mass is 242 g/mol. The highest BCUT2D eigenvalue weighted by molar-refractivity contribution is 6.31. The Morgan fingerprint density at radius 2 is 2.19 bits per heavy atom. The Balaban J connectivity index is 2.71. The molecule has 0 atom stereocenters. The van der Waals surface area contributed by atoms with E-state index in [1.807, 2.05) is 20.2 Å². The molecule has 1 N–H and O–H groups in total. The summed E-state index contributed by atoms with van der Waals surface area (Å²) in [6, 6.07) is 6.12. The second-order valence-electron chi connectivity index (χ2n) is 3.72. The second-order valence-corrected chi connectivity index (χ2v) is 4.13. The van der Waals surface area contributed by atoms with Gasteiger partial charge in [0, 0.05) is 38.0 Å². The van der Waals surface area contributed by atoms with Crippen molar-refractivity contribution < 1.29 is 4.74 Å². The van der Waals surface area contributed by atoms with E-state index in [0.29, 0.717) is 6.61 Å². The molecule has 1 rings (SSSR count). The van der Waals surface area contributed by atoms with Crippen LogP contribution in [0.25, 0.3) is 0 Å². The van der Waals surface area contributed by atoms with Crippen LogP contribution >= 0.6 is 11.6 Å². The number of halogens is 1. The number of benzene rings is 1. The van der Waals surface area contributed by atoms with Gasteiger partial charge in [0.1, 0.15) is 0 Å². The molecule has 3 nitrogen and oxygen atoms in total. The first-order valence-corrected chi connectivity index (χ1v) is 5.70. The average molecular weight is 243 g/mol. The lowest BCUT2D eigenvalue weighted by Gasteiger charge is -2.19. The minimum absolute atomic E-state index is 0.715. The number of hydrogen-bond donors (Lipinski definition) is 1. The first-order chi connectivity index (χ1) is 7.69. The zero-order valence-electron chi connectivity index (χ0n) is 10.1. The van der Waals surface area contributed by atoms with Crippen LogP contribution in [0, 0.1) is 0 Å². The van der Waals surface area contributed by atoms with E-state index in [9.17, 15) is 0 Å². The van der Waals surface area contributed by atoms with Gasteiger partial charge in [-0.15, -0.1) is 0 Å². The summed E-state index contributed by atoms with van der Waals surface area (Å²) >= 11 is 6.19. The molecule has 0 aliphatic heterocycles. The van der Waals surface area contributed by atoms with Crippen molar-refractivity contribution in [3.63, 3.8) is 0 Å². The van der Waals surface area contributed by atoms with Crippen LogP contribution in [-0.4, -0.2) is 34.4 Å². The number of rotatable bonds is 6. The lowest BCUT2D eigenvalue weighted by molar-refractivity contribution is 0.206. The maximum Gasteiger partial charge on any atom is 0.0637 e. The van der Waals surface area contributed by atoms with Gasteiger partial charge in [-0.2, -0.15) is 0 Å². The molecular formula is C12H19ClN2O.